The molecule has 13 heteroatoms. The lowest BCUT2D eigenvalue weighted by molar-refractivity contribution is -0.121. The zero-order valence-electron chi connectivity index (χ0n) is 30.2. The van der Waals surface area contributed by atoms with Gasteiger partial charge >= 0.3 is 5.97 Å². The summed E-state index contributed by atoms with van der Waals surface area (Å²) in [5.74, 6) is -0.430. The Bertz CT molecular complexity index is 1800. The summed E-state index contributed by atoms with van der Waals surface area (Å²) < 4.78 is 33.0. The number of allylic oxidation sites excluding steroid dienone is 1. The van der Waals surface area contributed by atoms with Gasteiger partial charge in [-0.05, 0) is 62.8 Å². The molecular formula is C38H50N4O8S. The number of nitrogens with zero attached hydrogens (tertiary/aromatic N) is 2. The Morgan fingerprint density at radius 2 is 1.55 bits per heavy atom. The molecule has 2 aromatic carbocycles. The molecule has 12 nitrogen and oxygen atoms in total. The monoisotopic (exact) mass is 722 g/mol. The van der Waals surface area contributed by atoms with Crippen LogP contribution in [0.25, 0.3) is 5.57 Å². The highest BCUT2D eigenvalue weighted by molar-refractivity contribution is 7.85. The fourth-order valence-electron chi connectivity index (χ4n) is 5.96. The van der Waals surface area contributed by atoms with Crippen LogP contribution in [0.5, 0.6) is 5.75 Å². The lowest BCUT2D eigenvalue weighted by Crippen LogP contribution is -2.34. The van der Waals surface area contributed by atoms with Crippen molar-refractivity contribution in [3.05, 3.63) is 88.2 Å². The first-order chi connectivity index (χ1) is 24.2. The Balaban J connectivity index is 1.33. The van der Waals surface area contributed by atoms with Gasteiger partial charge in [-0.1, -0.05) is 50.3 Å². The molecule has 51 heavy (non-hydrogen) atoms. The molecular weight excluding hydrogens is 673 g/mol. The summed E-state index contributed by atoms with van der Waals surface area (Å²) >= 11 is 0. The highest BCUT2D eigenvalue weighted by atomic mass is 32.2. The van der Waals surface area contributed by atoms with Crippen LogP contribution >= 0.6 is 0 Å². The number of likely N-dealkylation sites (N-methyl/N-ethyl adjacent to an activating group) is 1. The van der Waals surface area contributed by atoms with Crippen LogP contribution in [0.3, 0.4) is 0 Å². The average Bonchev–Trinajstić information content (AvgIpc) is 3.08. The van der Waals surface area contributed by atoms with Crippen molar-refractivity contribution in [3.8, 4) is 5.75 Å². The van der Waals surface area contributed by atoms with Crippen LogP contribution in [0.15, 0.2) is 66.0 Å². The SMILES string of the molecule is CN(C)c1ccc2c(c1)OC1=CC(N(C)C)C=CC1=C2c1ccc(C(=O)NCCNC(=O)CCCCCCCCCOS(C)(=O)=O)cc1C(=O)O. The van der Waals surface area contributed by atoms with Gasteiger partial charge in [0.1, 0.15) is 11.5 Å². The first-order valence-electron chi connectivity index (χ1n) is 17.3. The molecule has 0 radical (unpaired) electrons. The maximum Gasteiger partial charge on any atom is 0.336 e. The second kappa shape index (κ2) is 18.2. The van der Waals surface area contributed by atoms with E-state index in [4.69, 9.17) is 8.92 Å². The third-order valence-corrected chi connectivity index (χ3v) is 9.34. The normalized spacial score (nSPS) is 15.1. The summed E-state index contributed by atoms with van der Waals surface area (Å²) in [4.78, 5) is 42.0. The van der Waals surface area contributed by atoms with E-state index in [1.165, 1.54) is 6.07 Å². The number of amides is 2. The second-order valence-electron chi connectivity index (χ2n) is 13.2. The molecule has 1 aliphatic heterocycles. The van der Waals surface area contributed by atoms with Crippen LogP contribution in [-0.4, -0.2) is 96.4 Å². The summed E-state index contributed by atoms with van der Waals surface area (Å²) in [5, 5.41) is 15.9. The lowest BCUT2D eigenvalue weighted by atomic mass is 9.84. The third-order valence-electron chi connectivity index (χ3n) is 8.74. The van der Waals surface area contributed by atoms with E-state index in [2.05, 4.69) is 10.6 Å². The molecule has 0 saturated heterocycles. The number of nitrogens with one attached hydrogen (secondary N) is 2. The summed E-state index contributed by atoms with van der Waals surface area (Å²) in [6.07, 6.45) is 13.7. The minimum Gasteiger partial charge on any atom is -0.478 e. The fraction of sp³-hybridized carbons (Fsp3) is 0.447. The number of rotatable bonds is 19. The molecule has 1 unspecified atom stereocenters. The predicted molar refractivity (Wildman–Crippen MR) is 199 cm³/mol. The molecule has 1 aliphatic carbocycles. The maximum absolute atomic E-state index is 13.1. The number of carboxylic acids is 1. The van der Waals surface area contributed by atoms with E-state index in [1.807, 2.05) is 74.4 Å². The second-order valence-corrected chi connectivity index (χ2v) is 14.9. The number of ether oxygens (including phenoxy) is 1. The first kappa shape index (κ1) is 39.3. The molecule has 0 spiro atoms. The first-order valence-corrected chi connectivity index (χ1v) is 19.1. The number of fused-ring (bicyclic) bond motifs is 2. The number of benzene rings is 2. The van der Waals surface area contributed by atoms with Gasteiger partial charge in [0.2, 0.25) is 5.91 Å². The number of unbranched alkanes of at least 4 members (excludes halogenated alkanes) is 6. The summed E-state index contributed by atoms with van der Waals surface area (Å²) in [6.45, 7) is 0.659. The van der Waals surface area contributed by atoms with Crippen LogP contribution in [0.2, 0.25) is 0 Å². The number of carbonyl (C=O) groups excluding carboxylic acids is 2. The van der Waals surface area contributed by atoms with Gasteiger partial charge in [-0.3, -0.25) is 18.7 Å². The van der Waals surface area contributed by atoms with Gasteiger partial charge in [-0.15, -0.1) is 0 Å². The lowest BCUT2D eigenvalue weighted by Gasteiger charge is -2.31. The minimum atomic E-state index is -3.38. The largest absolute Gasteiger partial charge is 0.478 e. The van der Waals surface area contributed by atoms with Gasteiger partial charge in [0.05, 0.1) is 18.4 Å². The van der Waals surface area contributed by atoms with Crippen LogP contribution < -0.4 is 20.3 Å². The van der Waals surface area contributed by atoms with Gasteiger partial charge in [0.15, 0.2) is 0 Å². The molecule has 3 N–H and O–H groups in total. The highest BCUT2D eigenvalue weighted by Gasteiger charge is 2.30. The standard InChI is InChI=1S/C38H50N4O8S/c1-41(2)27-15-18-30-33(24-27)50-34-25-28(42(3)4)16-19-31(34)36(30)29-17-14-26(23-32(29)38(45)46)37(44)40-21-20-39-35(43)13-11-9-7-6-8-10-12-22-49-51(5,47)48/h14-19,23-25,27H,6-13,20-22H2,1-5H3,(H,39,43)(H,40,44)(H,45,46). The van der Waals surface area contributed by atoms with Crippen molar-refractivity contribution >= 4 is 39.2 Å². The molecule has 2 aliphatic rings. The number of carboxylic acid groups (broad SMARTS) is 1. The van der Waals surface area contributed by atoms with Crippen LogP contribution in [0, 0.1) is 0 Å². The van der Waals surface area contributed by atoms with Gasteiger partial charge in [-0.2, -0.15) is 8.42 Å². The summed E-state index contributed by atoms with van der Waals surface area (Å²) in [7, 11) is 4.46. The summed E-state index contributed by atoms with van der Waals surface area (Å²) in [6, 6.07) is 10.5. The molecule has 4 rings (SSSR count). The van der Waals surface area contributed by atoms with Crippen molar-refractivity contribution in [2.24, 2.45) is 0 Å². The number of anilines is 1. The van der Waals surface area contributed by atoms with E-state index >= 15 is 0 Å². The van der Waals surface area contributed by atoms with Gasteiger partial charge in [0, 0.05) is 73.7 Å². The van der Waals surface area contributed by atoms with Crippen molar-refractivity contribution in [3.63, 3.8) is 0 Å². The van der Waals surface area contributed by atoms with Gasteiger partial charge in [0.25, 0.3) is 16.0 Å². The van der Waals surface area contributed by atoms with Crippen molar-refractivity contribution < 1.29 is 36.8 Å². The molecule has 0 bridgehead atoms. The van der Waals surface area contributed by atoms with Gasteiger partial charge < -0.3 is 25.4 Å². The van der Waals surface area contributed by atoms with Crippen LogP contribution in [0.4, 0.5) is 5.69 Å². The van der Waals surface area contributed by atoms with E-state index < -0.39 is 22.0 Å². The van der Waals surface area contributed by atoms with Crippen LogP contribution in [0.1, 0.15) is 83.2 Å². The molecule has 0 saturated carbocycles. The quantitative estimate of drug-likeness (QED) is 0.134. The Hall–Kier alpha value is -4.46. The van der Waals surface area contributed by atoms with E-state index in [-0.39, 0.29) is 42.8 Å². The van der Waals surface area contributed by atoms with E-state index in [9.17, 15) is 27.9 Å². The van der Waals surface area contributed by atoms with E-state index in [1.54, 1.807) is 12.1 Å². The molecule has 0 aromatic heterocycles. The zero-order chi connectivity index (χ0) is 37.1. The molecule has 276 valence electrons. The molecule has 2 aromatic rings. The third kappa shape index (κ3) is 11.3. The Morgan fingerprint density at radius 3 is 2.22 bits per heavy atom. The highest BCUT2D eigenvalue weighted by Crippen LogP contribution is 2.45. The Labute approximate surface area is 301 Å². The van der Waals surface area contributed by atoms with Crippen molar-refractivity contribution in [2.45, 2.75) is 57.4 Å². The zero-order valence-corrected chi connectivity index (χ0v) is 31.0. The molecule has 1 heterocycles. The number of hydrogen-bond donors (Lipinski definition) is 3. The van der Waals surface area contributed by atoms with Crippen molar-refractivity contribution in [1.82, 2.24) is 15.5 Å². The molecule has 1 atom stereocenters. The minimum absolute atomic E-state index is 0.00350. The van der Waals surface area contributed by atoms with Gasteiger partial charge in [-0.25, -0.2) is 4.79 Å². The molecule has 2 amide bonds. The van der Waals surface area contributed by atoms with Crippen molar-refractivity contribution in [2.75, 3.05) is 59.0 Å². The average molecular weight is 723 g/mol. The number of hydrogen-bond acceptors (Lipinski definition) is 9. The fourth-order valence-corrected chi connectivity index (χ4v) is 6.38. The maximum atomic E-state index is 13.1. The van der Waals surface area contributed by atoms with Crippen molar-refractivity contribution in [1.29, 1.82) is 0 Å². The topological polar surface area (TPSA) is 155 Å². The van der Waals surface area contributed by atoms with E-state index in [0.717, 1.165) is 61.6 Å². The smallest absolute Gasteiger partial charge is 0.336 e. The summed E-state index contributed by atoms with van der Waals surface area (Å²) in [5.41, 5.74) is 3.84. The molecule has 0 fully saturated rings. The predicted octanol–water partition coefficient (Wildman–Crippen LogP) is 4.97. The Kier molecular flexibility index (Phi) is 14.0. The van der Waals surface area contributed by atoms with E-state index in [0.29, 0.717) is 35.5 Å². The number of aromatic carboxylic acids is 1. The number of carbonyl (C=O) groups is 3. The Morgan fingerprint density at radius 1 is 0.882 bits per heavy atom. The van der Waals surface area contributed by atoms with Crippen LogP contribution in [-0.2, 0) is 19.1 Å².